The van der Waals surface area contributed by atoms with E-state index in [9.17, 15) is 4.79 Å². The summed E-state index contributed by atoms with van der Waals surface area (Å²) in [5.41, 5.74) is 7.85. The molecule has 1 rings (SSSR count). The molecular weight excluding hydrogens is 190 g/mol. The highest BCUT2D eigenvalue weighted by Crippen LogP contribution is 2.07. The van der Waals surface area contributed by atoms with Gasteiger partial charge >= 0.3 is 5.97 Å². The first-order chi connectivity index (χ1) is 7.11. The van der Waals surface area contributed by atoms with Gasteiger partial charge in [-0.05, 0) is 24.5 Å². The number of esters is 1. The number of methoxy groups -OCH3 is 1. The van der Waals surface area contributed by atoms with Crippen LogP contribution in [0.25, 0.3) is 0 Å². The van der Waals surface area contributed by atoms with Gasteiger partial charge in [-0.3, -0.25) is 4.79 Å². The number of ether oxygens (including phenoxy) is 1. The normalized spacial score (nSPS) is 12.2. The Morgan fingerprint density at radius 2 is 1.87 bits per heavy atom. The van der Waals surface area contributed by atoms with Crippen molar-refractivity contribution < 1.29 is 9.53 Å². The third-order valence-electron chi connectivity index (χ3n) is 2.16. The van der Waals surface area contributed by atoms with Gasteiger partial charge < -0.3 is 10.5 Å². The van der Waals surface area contributed by atoms with E-state index >= 15 is 0 Å². The maximum Gasteiger partial charge on any atom is 0.309 e. The van der Waals surface area contributed by atoms with Crippen LogP contribution in [0.2, 0.25) is 0 Å². The molecule has 0 saturated carbocycles. The second kappa shape index (κ2) is 5.51. The van der Waals surface area contributed by atoms with Crippen LogP contribution in [0.4, 0.5) is 0 Å². The van der Waals surface area contributed by atoms with E-state index in [2.05, 4.69) is 4.74 Å². The van der Waals surface area contributed by atoms with Crippen molar-refractivity contribution in [3.63, 3.8) is 0 Å². The number of hydrogen-bond donors (Lipinski definition) is 1. The largest absolute Gasteiger partial charge is 0.469 e. The van der Waals surface area contributed by atoms with E-state index in [0.29, 0.717) is 6.42 Å². The third kappa shape index (κ3) is 4.13. The van der Waals surface area contributed by atoms with Crippen LogP contribution in [0.5, 0.6) is 0 Å². The molecule has 0 aliphatic carbocycles. The second-order valence-electron chi connectivity index (χ2n) is 3.75. The van der Waals surface area contributed by atoms with Crippen LogP contribution < -0.4 is 5.73 Å². The van der Waals surface area contributed by atoms with Crippen LogP contribution in [-0.2, 0) is 22.4 Å². The van der Waals surface area contributed by atoms with Gasteiger partial charge in [0.05, 0.1) is 13.5 Å². The SMILES string of the molecule is COC(=O)Cc1ccc(CC(C)N)cc1. The molecular formula is C12H17NO2. The number of carbonyl (C=O) groups is 1. The Labute approximate surface area is 90.2 Å². The molecule has 0 amide bonds. The van der Waals surface area contributed by atoms with Crippen LogP contribution in [0, 0.1) is 0 Å². The van der Waals surface area contributed by atoms with Gasteiger partial charge in [0.2, 0.25) is 0 Å². The Morgan fingerprint density at radius 1 is 1.33 bits per heavy atom. The molecule has 0 heterocycles. The summed E-state index contributed by atoms with van der Waals surface area (Å²) in [6.45, 7) is 1.97. The van der Waals surface area contributed by atoms with Gasteiger partial charge in [0.15, 0.2) is 0 Å². The molecule has 0 bridgehead atoms. The van der Waals surface area contributed by atoms with Crippen molar-refractivity contribution in [3.05, 3.63) is 35.4 Å². The second-order valence-corrected chi connectivity index (χ2v) is 3.75. The summed E-state index contributed by atoms with van der Waals surface area (Å²) in [5, 5.41) is 0. The van der Waals surface area contributed by atoms with Gasteiger partial charge in [-0.1, -0.05) is 24.3 Å². The first-order valence-corrected chi connectivity index (χ1v) is 5.02. The summed E-state index contributed by atoms with van der Waals surface area (Å²) in [4.78, 5) is 11.0. The Balaban J connectivity index is 2.60. The Hall–Kier alpha value is -1.35. The summed E-state index contributed by atoms with van der Waals surface area (Å²) in [6.07, 6.45) is 1.19. The fourth-order valence-corrected chi connectivity index (χ4v) is 1.40. The summed E-state index contributed by atoms with van der Waals surface area (Å²) < 4.78 is 4.59. The lowest BCUT2D eigenvalue weighted by atomic mass is 10.0. The van der Waals surface area contributed by atoms with E-state index in [1.165, 1.54) is 12.7 Å². The van der Waals surface area contributed by atoms with E-state index in [1.807, 2.05) is 31.2 Å². The monoisotopic (exact) mass is 207 g/mol. The minimum Gasteiger partial charge on any atom is -0.469 e. The Kier molecular flexibility index (Phi) is 4.31. The van der Waals surface area contributed by atoms with Crippen molar-refractivity contribution in [2.45, 2.75) is 25.8 Å². The average Bonchev–Trinajstić information content (AvgIpc) is 2.20. The lowest BCUT2D eigenvalue weighted by Crippen LogP contribution is -2.17. The fourth-order valence-electron chi connectivity index (χ4n) is 1.40. The van der Waals surface area contributed by atoms with Gasteiger partial charge in [-0.15, -0.1) is 0 Å². The van der Waals surface area contributed by atoms with E-state index in [-0.39, 0.29) is 12.0 Å². The molecule has 1 aromatic carbocycles. The zero-order valence-corrected chi connectivity index (χ0v) is 9.19. The molecule has 0 saturated heterocycles. The molecule has 2 N–H and O–H groups in total. The van der Waals surface area contributed by atoms with E-state index in [4.69, 9.17) is 5.73 Å². The minimum atomic E-state index is -0.213. The van der Waals surface area contributed by atoms with Crippen LogP contribution >= 0.6 is 0 Å². The quantitative estimate of drug-likeness (QED) is 0.757. The molecule has 0 aliphatic rings. The highest BCUT2D eigenvalue weighted by atomic mass is 16.5. The van der Waals surface area contributed by atoms with Gasteiger partial charge in [0, 0.05) is 6.04 Å². The average molecular weight is 207 g/mol. The summed E-state index contributed by atoms with van der Waals surface area (Å²) in [5.74, 6) is -0.213. The molecule has 1 aromatic rings. The van der Waals surface area contributed by atoms with E-state index in [1.54, 1.807) is 0 Å². The van der Waals surface area contributed by atoms with Gasteiger partial charge in [0.25, 0.3) is 0 Å². The van der Waals surface area contributed by atoms with E-state index < -0.39 is 0 Å². The lowest BCUT2D eigenvalue weighted by molar-refractivity contribution is -0.139. The Morgan fingerprint density at radius 3 is 2.33 bits per heavy atom. The molecule has 0 aliphatic heterocycles. The first-order valence-electron chi connectivity index (χ1n) is 5.02. The molecule has 0 spiro atoms. The highest BCUT2D eigenvalue weighted by Gasteiger charge is 2.03. The zero-order chi connectivity index (χ0) is 11.3. The summed E-state index contributed by atoms with van der Waals surface area (Å²) >= 11 is 0. The molecule has 1 unspecified atom stereocenters. The maximum atomic E-state index is 11.0. The third-order valence-corrected chi connectivity index (χ3v) is 2.16. The van der Waals surface area contributed by atoms with Crippen molar-refractivity contribution in [1.82, 2.24) is 0 Å². The number of rotatable bonds is 4. The van der Waals surface area contributed by atoms with Crippen molar-refractivity contribution in [3.8, 4) is 0 Å². The predicted molar refractivity (Wildman–Crippen MR) is 59.5 cm³/mol. The van der Waals surface area contributed by atoms with E-state index in [0.717, 1.165) is 12.0 Å². The molecule has 82 valence electrons. The fraction of sp³-hybridized carbons (Fsp3) is 0.417. The van der Waals surface area contributed by atoms with Crippen LogP contribution in [0.15, 0.2) is 24.3 Å². The Bertz CT molecular complexity index is 317. The molecule has 15 heavy (non-hydrogen) atoms. The summed E-state index contributed by atoms with van der Waals surface area (Å²) in [6, 6.07) is 8.04. The smallest absolute Gasteiger partial charge is 0.309 e. The lowest BCUT2D eigenvalue weighted by Gasteiger charge is -2.06. The number of carbonyl (C=O) groups excluding carboxylic acids is 1. The number of nitrogens with two attached hydrogens (primary N) is 1. The molecule has 0 radical (unpaired) electrons. The molecule has 3 heteroatoms. The molecule has 3 nitrogen and oxygen atoms in total. The molecule has 0 fully saturated rings. The predicted octanol–water partition coefficient (Wildman–Crippen LogP) is 1.29. The van der Waals surface area contributed by atoms with Crippen LogP contribution in [0.1, 0.15) is 18.1 Å². The molecule has 0 aromatic heterocycles. The first kappa shape index (κ1) is 11.7. The topological polar surface area (TPSA) is 52.3 Å². The minimum absolute atomic E-state index is 0.163. The van der Waals surface area contributed by atoms with Gasteiger partial charge in [0.1, 0.15) is 0 Å². The van der Waals surface area contributed by atoms with Gasteiger partial charge in [-0.2, -0.15) is 0 Å². The van der Waals surface area contributed by atoms with Crippen molar-refractivity contribution in [2.24, 2.45) is 5.73 Å². The van der Waals surface area contributed by atoms with Crippen molar-refractivity contribution in [2.75, 3.05) is 7.11 Å². The van der Waals surface area contributed by atoms with Crippen molar-refractivity contribution in [1.29, 1.82) is 0 Å². The van der Waals surface area contributed by atoms with Gasteiger partial charge in [-0.25, -0.2) is 0 Å². The standard InChI is InChI=1S/C12H17NO2/c1-9(13)7-10-3-5-11(6-4-10)8-12(14)15-2/h3-6,9H,7-8,13H2,1-2H3. The highest BCUT2D eigenvalue weighted by molar-refractivity contribution is 5.72. The van der Waals surface area contributed by atoms with Crippen LogP contribution in [0.3, 0.4) is 0 Å². The number of benzene rings is 1. The zero-order valence-electron chi connectivity index (χ0n) is 9.19. The van der Waals surface area contributed by atoms with Crippen LogP contribution in [-0.4, -0.2) is 19.1 Å². The maximum absolute atomic E-state index is 11.0. The van der Waals surface area contributed by atoms with Crippen molar-refractivity contribution >= 4 is 5.97 Å². The number of hydrogen-bond acceptors (Lipinski definition) is 3. The molecule has 1 atom stereocenters. The summed E-state index contributed by atoms with van der Waals surface area (Å²) in [7, 11) is 1.40.